The molecule has 0 radical (unpaired) electrons. The number of benzene rings is 1. The molecule has 0 saturated carbocycles. The van der Waals surface area contributed by atoms with E-state index in [-0.39, 0.29) is 5.91 Å². The van der Waals surface area contributed by atoms with E-state index in [4.69, 9.17) is 5.73 Å². The molecule has 0 bridgehead atoms. The van der Waals surface area contributed by atoms with Crippen molar-refractivity contribution in [1.82, 2.24) is 4.90 Å². The molecule has 3 N–H and O–H groups in total. The molecule has 1 unspecified atom stereocenters. The summed E-state index contributed by atoms with van der Waals surface area (Å²) in [7, 11) is 0. The van der Waals surface area contributed by atoms with Crippen LogP contribution in [0.2, 0.25) is 0 Å². The maximum absolute atomic E-state index is 11.9. The fourth-order valence-electron chi connectivity index (χ4n) is 2.38. The lowest BCUT2D eigenvalue weighted by molar-refractivity contribution is -0.117. The Kier molecular flexibility index (Phi) is 4.33. The molecule has 4 nitrogen and oxygen atoms in total. The standard InChI is InChI=1S/C14H21N3O/c1-11-6-7-17(9-11)10-14(18)16-13-5-3-2-4-12(13)8-15/h2-5,11H,6-10,15H2,1H3,(H,16,18). The van der Waals surface area contributed by atoms with Crippen molar-refractivity contribution in [3.8, 4) is 0 Å². The van der Waals surface area contributed by atoms with Gasteiger partial charge < -0.3 is 11.1 Å². The molecule has 0 aliphatic carbocycles. The highest BCUT2D eigenvalue weighted by Gasteiger charge is 2.20. The van der Waals surface area contributed by atoms with E-state index in [1.54, 1.807) is 0 Å². The highest BCUT2D eigenvalue weighted by atomic mass is 16.2. The highest BCUT2D eigenvalue weighted by molar-refractivity contribution is 5.93. The molecule has 1 aliphatic rings. The van der Waals surface area contributed by atoms with Crippen molar-refractivity contribution in [3.63, 3.8) is 0 Å². The van der Waals surface area contributed by atoms with Gasteiger partial charge in [-0.1, -0.05) is 25.1 Å². The third kappa shape index (κ3) is 3.31. The molecule has 1 atom stereocenters. The fraction of sp³-hybridized carbons (Fsp3) is 0.500. The van der Waals surface area contributed by atoms with Crippen LogP contribution in [0.4, 0.5) is 5.69 Å². The van der Waals surface area contributed by atoms with Crippen molar-refractivity contribution in [2.45, 2.75) is 19.9 Å². The van der Waals surface area contributed by atoms with Gasteiger partial charge >= 0.3 is 0 Å². The van der Waals surface area contributed by atoms with E-state index < -0.39 is 0 Å². The van der Waals surface area contributed by atoms with Crippen LogP contribution < -0.4 is 11.1 Å². The molecule has 1 aliphatic heterocycles. The first-order chi connectivity index (χ1) is 8.69. The molecule has 18 heavy (non-hydrogen) atoms. The molecule has 2 rings (SSSR count). The van der Waals surface area contributed by atoms with Gasteiger partial charge in [-0.2, -0.15) is 0 Å². The second-order valence-corrected chi connectivity index (χ2v) is 5.04. The Morgan fingerprint density at radius 1 is 1.50 bits per heavy atom. The molecule has 1 heterocycles. The predicted octanol–water partition coefficient (Wildman–Crippen LogP) is 1.43. The van der Waals surface area contributed by atoms with Crippen LogP contribution in [0.1, 0.15) is 18.9 Å². The summed E-state index contributed by atoms with van der Waals surface area (Å²) in [6, 6.07) is 7.67. The number of nitrogens with two attached hydrogens (primary N) is 1. The number of hydrogen-bond acceptors (Lipinski definition) is 3. The van der Waals surface area contributed by atoms with Crippen LogP contribution in [0.3, 0.4) is 0 Å². The number of anilines is 1. The van der Waals surface area contributed by atoms with E-state index in [0.29, 0.717) is 19.0 Å². The second-order valence-electron chi connectivity index (χ2n) is 5.04. The number of para-hydroxylation sites is 1. The predicted molar refractivity (Wildman–Crippen MR) is 73.2 cm³/mol. The zero-order valence-corrected chi connectivity index (χ0v) is 10.9. The summed E-state index contributed by atoms with van der Waals surface area (Å²) in [5, 5.41) is 2.94. The third-order valence-corrected chi connectivity index (χ3v) is 3.39. The van der Waals surface area contributed by atoms with E-state index in [2.05, 4.69) is 17.1 Å². The Morgan fingerprint density at radius 2 is 2.28 bits per heavy atom. The average molecular weight is 247 g/mol. The maximum atomic E-state index is 11.9. The summed E-state index contributed by atoms with van der Waals surface area (Å²) < 4.78 is 0. The molecular weight excluding hydrogens is 226 g/mol. The van der Waals surface area contributed by atoms with Crippen molar-refractivity contribution >= 4 is 11.6 Å². The minimum Gasteiger partial charge on any atom is -0.326 e. The van der Waals surface area contributed by atoms with Gasteiger partial charge in [0.1, 0.15) is 0 Å². The van der Waals surface area contributed by atoms with Gasteiger partial charge in [0.15, 0.2) is 0 Å². The number of hydrogen-bond donors (Lipinski definition) is 2. The lowest BCUT2D eigenvalue weighted by atomic mass is 10.2. The maximum Gasteiger partial charge on any atom is 0.238 e. The molecule has 1 fully saturated rings. The number of carbonyl (C=O) groups excluding carboxylic acids is 1. The van der Waals surface area contributed by atoms with Crippen LogP contribution in [-0.4, -0.2) is 30.4 Å². The minimum atomic E-state index is 0.0463. The van der Waals surface area contributed by atoms with Crippen LogP contribution in [0.25, 0.3) is 0 Å². The number of nitrogens with zero attached hydrogens (tertiary/aromatic N) is 1. The molecule has 0 aromatic heterocycles. The Balaban J connectivity index is 1.91. The van der Waals surface area contributed by atoms with Gasteiger partial charge in [-0.05, 0) is 30.5 Å². The number of rotatable bonds is 4. The Labute approximate surface area is 108 Å². The van der Waals surface area contributed by atoms with Crippen LogP contribution in [-0.2, 0) is 11.3 Å². The molecule has 0 spiro atoms. The van der Waals surface area contributed by atoms with Gasteiger partial charge in [-0.25, -0.2) is 0 Å². The molecule has 1 aromatic rings. The largest absolute Gasteiger partial charge is 0.326 e. The Hall–Kier alpha value is -1.39. The van der Waals surface area contributed by atoms with Crippen molar-refractivity contribution in [3.05, 3.63) is 29.8 Å². The van der Waals surface area contributed by atoms with E-state index in [1.165, 1.54) is 6.42 Å². The zero-order valence-electron chi connectivity index (χ0n) is 10.9. The summed E-state index contributed by atoms with van der Waals surface area (Å²) >= 11 is 0. The van der Waals surface area contributed by atoms with Gasteiger partial charge in [-0.15, -0.1) is 0 Å². The molecular formula is C14H21N3O. The average Bonchev–Trinajstić information content (AvgIpc) is 2.75. The van der Waals surface area contributed by atoms with E-state index >= 15 is 0 Å². The lowest BCUT2D eigenvalue weighted by Crippen LogP contribution is -2.31. The summed E-state index contributed by atoms with van der Waals surface area (Å²) in [5.74, 6) is 0.749. The Morgan fingerprint density at radius 3 is 2.94 bits per heavy atom. The van der Waals surface area contributed by atoms with Crippen LogP contribution in [0.15, 0.2) is 24.3 Å². The van der Waals surface area contributed by atoms with Crippen molar-refractivity contribution < 1.29 is 4.79 Å². The summed E-state index contributed by atoms with van der Waals surface area (Å²) in [6.07, 6.45) is 1.19. The van der Waals surface area contributed by atoms with Gasteiger partial charge in [0.2, 0.25) is 5.91 Å². The fourth-order valence-corrected chi connectivity index (χ4v) is 2.38. The molecule has 1 aromatic carbocycles. The second kappa shape index (κ2) is 5.98. The SMILES string of the molecule is CC1CCN(CC(=O)Nc2ccccc2CN)C1. The normalized spacial score (nSPS) is 20.0. The topological polar surface area (TPSA) is 58.4 Å². The van der Waals surface area contributed by atoms with E-state index in [9.17, 15) is 4.79 Å². The number of likely N-dealkylation sites (tertiary alicyclic amines) is 1. The van der Waals surface area contributed by atoms with E-state index in [1.807, 2.05) is 24.3 Å². The monoisotopic (exact) mass is 247 g/mol. The van der Waals surface area contributed by atoms with Gasteiger partial charge in [0.05, 0.1) is 6.54 Å². The van der Waals surface area contributed by atoms with Crippen LogP contribution in [0, 0.1) is 5.92 Å². The van der Waals surface area contributed by atoms with E-state index in [0.717, 1.165) is 24.3 Å². The van der Waals surface area contributed by atoms with Gasteiger partial charge in [-0.3, -0.25) is 9.69 Å². The number of carbonyl (C=O) groups is 1. The highest BCUT2D eigenvalue weighted by Crippen LogP contribution is 2.16. The number of amides is 1. The number of nitrogens with one attached hydrogen (secondary N) is 1. The van der Waals surface area contributed by atoms with Crippen LogP contribution >= 0.6 is 0 Å². The first kappa shape index (κ1) is 13.1. The smallest absolute Gasteiger partial charge is 0.238 e. The molecule has 98 valence electrons. The van der Waals surface area contributed by atoms with Gasteiger partial charge in [0, 0.05) is 18.8 Å². The summed E-state index contributed by atoms with van der Waals surface area (Å²) in [5.41, 5.74) is 7.45. The molecule has 1 saturated heterocycles. The minimum absolute atomic E-state index is 0.0463. The van der Waals surface area contributed by atoms with Gasteiger partial charge in [0.25, 0.3) is 0 Å². The third-order valence-electron chi connectivity index (χ3n) is 3.39. The first-order valence-corrected chi connectivity index (χ1v) is 6.49. The van der Waals surface area contributed by atoms with Crippen molar-refractivity contribution in [2.75, 3.05) is 25.0 Å². The summed E-state index contributed by atoms with van der Waals surface area (Å²) in [4.78, 5) is 14.1. The lowest BCUT2D eigenvalue weighted by Gasteiger charge is -2.16. The first-order valence-electron chi connectivity index (χ1n) is 6.49. The quantitative estimate of drug-likeness (QED) is 0.846. The molecule has 1 amide bonds. The van der Waals surface area contributed by atoms with Crippen molar-refractivity contribution in [1.29, 1.82) is 0 Å². The summed E-state index contributed by atoms with van der Waals surface area (Å²) in [6.45, 7) is 5.18. The van der Waals surface area contributed by atoms with Crippen LogP contribution in [0.5, 0.6) is 0 Å². The zero-order chi connectivity index (χ0) is 13.0. The molecule has 4 heteroatoms. The van der Waals surface area contributed by atoms with Crippen molar-refractivity contribution in [2.24, 2.45) is 11.7 Å². The Bertz CT molecular complexity index is 419.